The quantitative estimate of drug-likeness (QED) is 0.786. The van der Waals surface area contributed by atoms with Crippen molar-refractivity contribution >= 4 is 23.0 Å². The number of thiazole rings is 1. The van der Waals surface area contributed by atoms with Crippen LogP contribution < -0.4 is 5.32 Å². The van der Waals surface area contributed by atoms with Crippen LogP contribution in [0.25, 0.3) is 0 Å². The number of piperidine rings is 1. The van der Waals surface area contributed by atoms with Crippen molar-refractivity contribution in [3.8, 4) is 0 Å². The van der Waals surface area contributed by atoms with Gasteiger partial charge in [-0.15, -0.1) is 11.3 Å². The maximum atomic E-state index is 12.5. The normalized spacial score (nSPS) is 22.0. The second-order valence-electron chi connectivity index (χ2n) is 8.36. The predicted octanol–water partition coefficient (Wildman–Crippen LogP) is 3.69. The van der Waals surface area contributed by atoms with Gasteiger partial charge in [0.2, 0.25) is 0 Å². The van der Waals surface area contributed by atoms with Crippen LogP contribution in [0.2, 0.25) is 0 Å². The van der Waals surface area contributed by atoms with Crippen molar-refractivity contribution in [2.24, 2.45) is 5.16 Å². The molecule has 3 heterocycles. The third kappa shape index (κ3) is 4.85. The van der Waals surface area contributed by atoms with E-state index in [2.05, 4.69) is 58.5 Å². The number of nitrogens with one attached hydrogen (secondary N) is 1. The van der Waals surface area contributed by atoms with Crippen molar-refractivity contribution in [2.45, 2.75) is 57.7 Å². The summed E-state index contributed by atoms with van der Waals surface area (Å²) in [6.45, 7) is 7.59. The predicted molar refractivity (Wildman–Crippen MR) is 115 cm³/mol. The average Bonchev–Trinajstić information content (AvgIpc) is 3.37. The van der Waals surface area contributed by atoms with Crippen LogP contribution in [0.5, 0.6) is 0 Å². The van der Waals surface area contributed by atoms with E-state index in [1.165, 1.54) is 22.5 Å². The molecule has 1 saturated heterocycles. The van der Waals surface area contributed by atoms with Crippen LogP contribution in [0.15, 0.2) is 40.3 Å². The molecule has 1 unspecified atom stereocenters. The summed E-state index contributed by atoms with van der Waals surface area (Å²) in [5.74, 6) is 0.391. The summed E-state index contributed by atoms with van der Waals surface area (Å²) in [5.41, 5.74) is 5.42. The number of carbonyl (C=O) groups excluding carboxylic acids is 1. The Bertz CT molecular complexity index is 863. The van der Waals surface area contributed by atoms with Crippen molar-refractivity contribution < 1.29 is 9.63 Å². The van der Waals surface area contributed by atoms with Crippen LogP contribution in [0.4, 0.5) is 0 Å². The number of hydrogen-bond donors (Lipinski definition) is 1. The molecule has 29 heavy (non-hydrogen) atoms. The first-order valence-electron chi connectivity index (χ1n) is 10.2. The fourth-order valence-electron chi connectivity index (χ4n) is 4.05. The molecule has 2 aliphatic rings. The fraction of sp³-hybridized carbons (Fsp3) is 0.500. The summed E-state index contributed by atoms with van der Waals surface area (Å²) in [6.07, 6.45) is 2.55. The zero-order valence-corrected chi connectivity index (χ0v) is 17.9. The number of amides is 1. The van der Waals surface area contributed by atoms with E-state index in [0.29, 0.717) is 24.6 Å². The van der Waals surface area contributed by atoms with Crippen molar-refractivity contribution in [1.29, 1.82) is 0 Å². The molecule has 2 aliphatic heterocycles. The van der Waals surface area contributed by atoms with Crippen LogP contribution in [0.3, 0.4) is 0 Å². The van der Waals surface area contributed by atoms with E-state index in [-0.39, 0.29) is 11.5 Å². The van der Waals surface area contributed by atoms with E-state index in [0.717, 1.165) is 38.2 Å². The van der Waals surface area contributed by atoms with Crippen LogP contribution in [-0.4, -0.2) is 40.2 Å². The van der Waals surface area contributed by atoms with E-state index >= 15 is 0 Å². The Morgan fingerprint density at radius 3 is 2.90 bits per heavy atom. The lowest BCUT2D eigenvalue weighted by atomic mass is 9.87. The minimum Gasteiger partial charge on any atom is -0.387 e. The van der Waals surface area contributed by atoms with E-state index in [4.69, 9.17) is 4.84 Å². The number of oxime groups is 1. The van der Waals surface area contributed by atoms with E-state index in [9.17, 15) is 4.79 Å². The third-order valence-electron chi connectivity index (χ3n) is 5.69. The van der Waals surface area contributed by atoms with Gasteiger partial charge in [-0.25, -0.2) is 4.98 Å². The first-order valence-corrected chi connectivity index (χ1v) is 11.2. The van der Waals surface area contributed by atoms with Gasteiger partial charge in [-0.2, -0.15) is 0 Å². The first-order chi connectivity index (χ1) is 14.0. The van der Waals surface area contributed by atoms with Crippen LogP contribution in [0.1, 0.15) is 55.8 Å². The third-order valence-corrected chi connectivity index (χ3v) is 6.32. The summed E-state index contributed by atoms with van der Waals surface area (Å²) in [5, 5.41) is 8.97. The van der Waals surface area contributed by atoms with Gasteiger partial charge in [0.15, 0.2) is 5.60 Å². The Kier molecular flexibility index (Phi) is 5.96. The summed E-state index contributed by atoms with van der Waals surface area (Å²) in [6, 6.07) is 8.89. The highest BCUT2D eigenvalue weighted by atomic mass is 32.1. The summed E-state index contributed by atoms with van der Waals surface area (Å²) >= 11 is 1.52. The smallest absolute Gasteiger partial charge is 0.269 e. The SMILES string of the molecule is CC(C)c1ccc(CN2CCCC3(CC(C(=O)NCc4cscn4)=NO3)C2)cc1. The lowest BCUT2D eigenvalue weighted by Crippen LogP contribution is -2.48. The number of carbonyl (C=O) groups is 1. The fourth-order valence-corrected chi connectivity index (χ4v) is 4.61. The highest BCUT2D eigenvalue weighted by Crippen LogP contribution is 2.34. The standard InChI is InChI=1S/C22H28N4O2S/c1-16(2)18-6-4-17(5-7-18)12-26-9-3-8-22(14-26)10-20(25-28-22)21(27)23-11-19-13-29-15-24-19/h4-7,13,15-16H,3,8-12,14H2,1-2H3,(H,23,27). The van der Waals surface area contributed by atoms with Crippen molar-refractivity contribution in [1.82, 2.24) is 15.2 Å². The zero-order valence-electron chi connectivity index (χ0n) is 17.1. The zero-order chi connectivity index (χ0) is 20.3. The monoisotopic (exact) mass is 412 g/mol. The van der Waals surface area contributed by atoms with Crippen molar-refractivity contribution in [3.63, 3.8) is 0 Å². The second-order valence-corrected chi connectivity index (χ2v) is 9.08. The highest BCUT2D eigenvalue weighted by molar-refractivity contribution is 7.07. The molecule has 4 rings (SSSR count). The number of likely N-dealkylation sites (tertiary alicyclic amines) is 1. The Morgan fingerprint density at radius 2 is 2.17 bits per heavy atom. The van der Waals surface area contributed by atoms with Gasteiger partial charge in [0.25, 0.3) is 5.91 Å². The maximum absolute atomic E-state index is 12.5. The summed E-state index contributed by atoms with van der Waals surface area (Å²) in [4.78, 5) is 24.9. The van der Waals surface area contributed by atoms with Gasteiger partial charge in [0, 0.05) is 24.9 Å². The molecule has 7 heteroatoms. The van der Waals surface area contributed by atoms with E-state index in [1.807, 2.05) is 5.38 Å². The molecule has 1 atom stereocenters. The molecule has 1 fully saturated rings. The molecule has 0 radical (unpaired) electrons. The molecule has 6 nitrogen and oxygen atoms in total. The Labute approximate surface area is 176 Å². The topological polar surface area (TPSA) is 66.8 Å². The molecule has 1 N–H and O–H groups in total. The van der Waals surface area contributed by atoms with Gasteiger partial charge in [-0.3, -0.25) is 9.69 Å². The van der Waals surface area contributed by atoms with Gasteiger partial charge in [0.05, 0.1) is 17.7 Å². The molecule has 0 bridgehead atoms. The van der Waals surface area contributed by atoms with Gasteiger partial charge in [-0.1, -0.05) is 43.3 Å². The molecule has 0 saturated carbocycles. The lowest BCUT2D eigenvalue weighted by Gasteiger charge is -2.38. The first kappa shape index (κ1) is 20.0. The van der Waals surface area contributed by atoms with Crippen LogP contribution in [-0.2, 0) is 22.7 Å². The number of nitrogens with zero attached hydrogens (tertiary/aromatic N) is 3. The minimum absolute atomic E-state index is 0.156. The average molecular weight is 413 g/mol. The van der Waals surface area contributed by atoms with Crippen molar-refractivity contribution in [2.75, 3.05) is 13.1 Å². The molecule has 1 spiro atoms. The Balaban J connectivity index is 1.31. The van der Waals surface area contributed by atoms with Crippen LogP contribution in [0, 0.1) is 0 Å². The van der Waals surface area contributed by atoms with E-state index in [1.54, 1.807) is 5.51 Å². The molecular formula is C22H28N4O2S. The van der Waals surface area contributed by atoms with Gasteiger partial charge >= 0.3 is 0 Å². The lowest BCUT2D eigenvalue weighted by molar-refractivity contribution is -0.115. The number of rotatable bonds is 6. The minimum atomic E-state index is -0.372. The van der Waals surface area contributed by atoms with Crippen molar-refractivity contribution in [3.05, 3.63) is 52.0 Å². The Hall–Kier alpha value is -2.25. The van der Waals surface area contributed by atoms with Gasteiger partial charge in [-0.05, 0) is 36.4 Å². The molecule has 1 aromatic carbocycles. The summed E-state index contributed by atoms with van der Waals surface area (Å²) < 4.78 is 0. The molecule has 0 aliphatic carbocycles. The number of hydrogen-bond acceptors (Lipinski definition) is 6. The van der Waals surface area contributed by atoms with Gasteiger partial charge in [0.1, 0.15) is 5.71 Å². The molecule has 1 amide bonds. The number of aromatic nitrogens is 1. The molecular weight excluding hydrogens is 384 g/mol. The Morgan fingerprint density at radius 1 is 1.34 bits per heavy atom. The molecule has 154 valence electrons. The highest BCUT2D eigenvalue weighted by Gasteiger charge is 2.44. The largest absolute Gasteiger partial charge is 0.387 e. The number of benzene rings is 1. The molecule has 2 aromatic rings. The van der Waals surface area contributed by atoms with Gasteiger partial charge < -0.3 is 10.2 Å². The maximum Gasteiger partial charge on any atom is 0.269 e. The van der Waals surface area contributed by atoms with Crippen LogP contribution >= 0.6 is 11.3 Å². The van der Waals surface area contributed by atoms with E-state index < -0.39 is 0 Å². The molecule has 1 aromatic heterocycles. The summed E-state index contributed by atoms with van der Waals surface area (Å²) in [7, 11) is 0. The second kappa shape index (κ2) is 8.63.